The Bertz CT molecular complexity index is 495. The van der Waals surface area contributed by atoms with E-state index >= 15 is 0 Å². The van der Waals surface area contributed by atoms with Gasteiger partial charge in [-0.3, -0.25) is 0 Å². The number of nitrogen functional groups attached to an aromatic ring is 1. The van der Waals surface area contributed by atoms with Crippen molar-refractivity contribution in [2.24, 2.45) is 0 Å². The van der Waals surface area contributed by atoms with Gasteiger partial charge in [0.2, 0.25) is 0 Å². The second kappa shape index (κ2) is 5.93. The number of hydrogen-bond acceptors (Lipinski definition) is 3. The summed E-state index contributed by atoms with van der Waals surface area (Å²) in [6.45, 7) is 3.02. The van der Waals surface area contributed by atoms with Gasteiger partial charge in [0.15, 0.2) is 10.6 Å². The van der Waals surface area contributed by atoms with Crippen LogP contribution in [0.4, 0.5) is 5.69 Å². The monoisotopic (exact) mass is 263 g/mol. The molecule has 0 bridgehead atoms. The molecule has 0 spiro atoms. The smallest absolute Gasteiger partial charge is 0.153 e. The van der Waals surface area contributed by atoms with Crippen molar-refractivity contribution in [3.8, 4) is 0 Å². The molecule has 0 radical (unpaired) electrons. The molecule has 2 N–H and O–H groups in total. The molecule has 0 unspecified atom stereocenters. The van der Waals surface area contributed by atoms with E-state index in [0.717, 1.165) is 23.6 Å². The number of rotatable bonds is 5. The number of aryl methyl sites for hydroxylation is 1. The first kappa shape index (κ1) is 13.0. The van der Waals surface area contributed by atoms with Crippen LogP contribution in [0.2, 0.25) is 0 Å². The Morgan fingerprint density at radius 2 is 2.06 bits per heavy atom. The molecule has 0 amide bonds. The first-order chi connectivity index (χ1) is 8.70. The van der Waals surface area contributed by atoms with Gasteiger partial charge >= 0.3 is 0 Å². The lowest BCUT2D eigenvalue weighted by Crippen LogP contribution is -2.09. The number of anilines is 1. The van der Waals surface area contributed by atoms with Gasteiger partial charge in [0.1, 0.15) is 0 Å². The van der Waals surface area contributed by atoms with E-state index in [9.17, 15) is 4.55 Å². The Hall–Kier alpha value is -1.46. The average Bonchev–Trinajstić information content (AvgIpc) is 2.78. The van der Waals surface area contributed by atoms with Gasteiger partial charge in [-0.05, 0) is 41.9 Å². The number of benzene rings is 1. The van der Waals surface area contributed by atoms with E-state index in [1.54, 1.807) is 24.7 Å². The molecule has 1 aromatic carbocycles. The van der Waals surface area contributed by atoms with Crippen molar-refractivity contribution in [1.29, 1.82) is 0 Å². The number of nitrogens with zero attached hydrogens (tertiary/aromatic N) is 2. The van der Waals surface area contributed by atoms with Gasteiger partial charge in [0.05, 0.1) is 18.2 Å². The van der Waals surface area contributed by atoms with E-state index in [1.807, 2.05) is 12.1 Å². The lowest BCUT2D eigenvalue weighted by Gasteiger charge is -2.12. The normalized spacial score (nSPS) is 12.6. The lowest BCUT2D eigenvalue weighted by molar-refractivity contribution is 0.589. The van der Waals surface area contributed by atoms with Crippen molar-refractivity contribution in [3.63, 3.8) is 0 Å². The van der Waals surface area contributed by atoms with Gasteiger partial charge in [-0.1, -0.05) is 6.92 Å². The summed E-state index contributed by atoms with van der Waals surface area (Å²) in [6, 6.07) is 7.17. The molecule has 0 aliphatic rings. The molecule has 4 nitrogen and oxygen atoms in total. The Morgan fingerprint density at radius 3 is 2.72 bits per heavy atom. The van der Waals surface area contributed by atoms with Crippen molar-refractivity contribution < 1.29 is 4.55 Å². The zero-order valence-electron chi connectivity index (χ0n) is 10.4. The summed E-state index contributed by atoms with van der Waals surface area (Å²) in [5.74, 6) is 0.490. The summed E-state index contributed by atoms with van der Waals surface area (Å²) in [5.41, 5.74) is 7.31. The molecule has 0 saturated carbocycles. The van der Waals surface area contributed by atoms with Crippen molar-refractivity contribution in [2.75, 3.05) is 5.73 Å². The highest BCUT2D eigenvalue weighted by Crippen LogP contribution is 2.17. The third-order valence-corrected chi connectivity index (χ3v) is 4.04. The van der Waals surface area contributed by atoms with Crippen LogP contribution in [0.1, 0.15) is 19.0 Å². The van der Waals surface area contributed by atoms with Crippen molar-refractivity contribution in [3.05, 3.63) is 42.5 Å². The fourth-order valence-electron chi connectivity index (χ4n) is 1.75. The minimum atomic E-state index is -1.05. The van der Waals surface area contributed by atoms with Crippen molar-refractivity contribution in [1.82, 2.24) is 9.55 Å². The van der Waals surface area contributed by atoms with Gasteiger partial charge in [-0.25, -0.2) is 4.98 Å². The third kappa shape index (κ3) is 3.05. The quantitative estimate of drug-likeness (QED) is 0.664. The van der Waals surface area contributed by atoms with Crippen LogP contribution in [0.15, 0.2) is 41.7 Å². The SMILES string of the molecule is CCCn1cncc1C[S@+]([O-])c1ccc(N)cc1. The molecule has 0 fully saturated rings. The first-order valence-corrected chi connectivity index (χ1v) is 7.25. The first-order valence-electron chi connectivity index (χ1n) is 5.93. The fourth-order valence-corrected chi connectivity index (χ4v) is 2.86. The lowest BCUT2D eigenvalue weighted by atomic mass is 10.3. The summed E-state index contributed by atoms with van der Waals surface area (Å²) >= 11 is -1.05. The maximum Gasteiger partial charge on any atom is 0.153 e. The minimum Gasteiger partial charge on any atom is -0.611 e. The highest BCUT2D eigenvalue weighted by atomic mass is 32.2. The molecule has 0 aliphatic heterocycles. The Morgan fingerprint density at radius 1 is 1.33 bits per heavy atom. The highest BCUT2D eigenvalue weighted by Gasteiger charge is 2.14. The molecule has 0 saturated heterocycles. The highest BCUT2D eigenvalue weighted by molar-refractivity contribution is 7.90. The van der Waals surface area contributed by atoms with Crippen LogP contribution in [0, 0.1) is 0 Å². The molecule has 5 heteroatoms. The zero-order valence-corrected chi connectivity index (χ0v) is 11.2. The molecular weight excluding hydrogens is 246 g/mol. The third-order valence-electron chi connectivity index (χ3n) is 2.69. The maximum atomic E-state index is 12.2. The van der Waals surface area contributed by atoms with Crippen LogP contribution in [0.3, 0.4) is 0 Å². The molecule has 96 valence electrons. The van der Waals surface area contributed by atoms with E-state index in [0.29, 0.717) is 11.4 Å². The van der Waals surface area contributed by atoms with E-state index in [-0.39, 0.29) is 0 Å². The molecule has 1 atom stereocenters. The summed E-state index contributed by atoms with van der Waals surface area (Å²) < 4.78 is 14.3. The number of nitrogens with two attached hydrogens (primary N) is 1. The molecule has 2 aromatic rings. The van der Waals surface area contributed by atoms with Crippen molar-refractivity contribution >= 4 is 16.9 Å². The largest absolute Gasteiger partial charge is 0.611 e. The molecule has 2 rings (SSSR count). The van der Waals surface area contributed by atoms with Crippen LogP contribution < -0.4 is 5.73 Å². The van der Waals surface area contributed by atoms with Crippen LogP contribution in [0.25, 0.3) is 0 Å². The Kier molecular flexibility index (Phi) is 4.28. The van der Waals surface area contributed by atoms with Gasteiger partial charge in [-0.2, -0.15) is 0 Å². The molecule has 1 aromatic heterocycles. The van der Waals surface area contributed by atoms with Gasteiger partial charge in [-0.15, -0.1) is 0 Å². The van der Waals surface area contributed by atoms with E-state index in [2.05, 4.69) is 16.5 Å². The second-order valence-corrected chi connectivity index (χ2v) is 5.59. The standard InChI is InChI=1S/C13H17N3OS/c1-2-7-16-10-15-8-12(16)9-18(17)13-5-3-11(14)4-6-13/h3-6,8,10H,2,7,9,14H2,1H3/t18-/m0/s1. The van der Waals surface area contributed by atoms with Crippen LogP contribution in [0.5, 0.6) is 0 Å². The van der Waals surface area contributed by atoms with Gasteiger partial charge in [0.25, 0.3) is 0 Å². The van der Waals surface area contributed by atoms with E-state index in [4.69, 9.17) is 5.73 Å². The summed E-state index contributed by atoms with van der Waals surface area (Å²) in [5, 5.41) is 0. The van der Waals surface area contributed by atoms with E-state index < -0.39 is 11.2 Å². The molecule has 1 heterocycles. The van der Waals surface area contributed by atoms with Gasteiger partial charge < -0.3 is 14.9 Å². The topological polar surface area (TPSA) is 66.9 Å². The van der Waals surface area contributed by atoms with Gasteiger partial charge in [0, 0.05) is 12.2 Å². The van der Waals surface area contributed by atoms with Crippen LogP contribution >= 0.6 is 0 Å². The second-order valence-electron chi connectivity index (χ2n) is 4.14. The van der Waals surface area contributed by atoms with Crippen molar-refractivity contribution in [2.45, 2.75) is 30.5 Å². The number of imidazole rings is 1. The number of hydrogen-bond donors (Lipinski definition) is 1. The minimum absolute atomic E-state index is 0.490. The molecule has 18 heavy (non-hydrogen) atoms. The van der Waals surface area contributed by atoms with Crippen LogP contribution in [-0.2, 0) is 23.5 Å². The summed E-state index contributed by atoms with van der Waals surface area (Å²) in [6.07, 6.45) is 4.61. The van der Waals surface area contributed by atoms with E-state index in [1.165, 1.54) is 0 Å². The zero-order chi connectivity index (χ0) is 13.0. The van der Waals surface area contributed by atoms with Crippen LogP contribution in [-0.4, -0.2) is 14.1 Å². The number of aromatic nitrogens is 2. The maximum absolute atomic E-state index is 12.2. The fraction of sp³-hybridized carbons (Fsp3) is 0.308. The average molecular weight is 263 g/mol. The molecule has 0 aliphatic carbocycles. The molecular formula is C13H17N3OS. The Labute approximate surface area is 110 Å². The predicted molar refractivity (Wildman–Crippen MR) is 73.5 cm³/mol. The summed E-state index contributed by atoms with van der Waals surface area (Å²) in [4.78, 5) is 4.91. The predicted octanol–water partition coefficient (Wildman–Crippen LogP) is 2.18. The Balaban J connectivity index is 2.08. The summed E-state index contributed by atoms with van der Waals surface area (Å²) in [7, 11) is 0.